The number of methoxy groups -OCH3 is 1. The average molecular weight is 603 g/mol. The van der Waals surface area contributed by atoms with Crippen molar-refractivity contribution in [1.82, 2.24) is 9.80 Å². The number of esters is 1. The molecule has 2 fully saturated rings. The van der Waals surface area contributed by atoms with E-state index in [0.717, 1.165) is 0 Å². The molecule has 0 spiro atoms. The monoisotopic (exact) mass is 602 g/mol. The zero-order valence-electron chi connectivity index (χ0n) is 27.9. The summed E-state index contributed by atoms with van der Waals surface area (Å²) in [5.74, 6) is -3.23. The number of Topliss-reactive ketones (excluding diaryl/α,β-unsaturated/α-hetero) is 1. The lowest BCUT2D eigenvalue weighted by Gasteiger charge is -2.47. The van der Waals surface area contributed by atoms with E-state index in [1.807, 2.05) is 58.6 Å². The van der Waals surface area contributed by atoms with Crippen molar-refractivity contribution in [2.45, 2.75) is 135 Å². The Labute approximate surface area is 252 Å². The van der Waals surface area contributed by atoms with Crippen LogP contribution in [0.1, 0.15) is 74.7 Å². The van der Waals surface area contributed by atoms with E-state index in [-0.39, 0.29) is 24.5 Å². The Bertz CT molecular complexity index is 902. The van der Waals surface area contributed by atoms with Crippen LogP contribution in [0, 0.1) is 17.8 Å². The number of likely N-dealkylation sites (N-methyl/N-ethyl adjacent to an activating group) is 2. The Morgan fingerprint density at radius 3 is 2.21 bits per heavy atom. The van der Waals surface area contributed by atoms with Gasteiger partial charge in [-0.2, -0.15) is 0 Å². The summed E-state index contributed by atoms with van der Waals surface area (Å²) in [6.07, 6.45) is -4.02. The second-order valence-corrected chi connectivity index (χ2v) is 13.6. The van der Waals surface area contributed by atoms with Gasteiger partial charge in [-0.25, -0.2) is 0 Å². The van der Waals surface area contributed by atoms with Crippen LogP contribution in [0.3, 0.4) is 0 Å². The van der Waals surface area contributed by atoms with Gasteiger partial charge in [-0.1, -0.05) is 20.8 Å². The summed E-state index contributed by atoms with van der Waals surface area (Å²) in [5.41, 5.74) is -2.77. The van der Waals surface area contributed by atoms with Crippen LogP contribution < -0.4 is 0 Å². The molecule has 2 aliphatic heterocycles. The molecule has 0 aromatic heterocycles. The largest absolute Gasteiger partial charge is 0.459 e. The minimum absolute atomic E-state index is 0.000927. The number of hydrogen-bond acceptors (Lipinski definition) is 11. The molecule has 0 amide bonds. The van der Waals surface area contributed by atoms with Crippen LogP contribution in [0.2, 0.25) is 0 Å². The van der Waals surface area contributed by atoms with Gasteiger partial charge in [0.15, 0.2) is 12.1 Å². The van der Waals surface area contributed by atoms with Gasteiger partial charge in [0.2, 0.25) is 0 Å². The van der Waals surface area contributed by atoms with Crippen molar-refractivity contribution in [3.05, 3.63) is 0 Å². The zero-order chi connectivity index (χ0) is 32.3. The first kappa shape index (κ1) is 37.0. The van der Waals surface area contributed by atoms with Crippen molar-refractivity contribution in [2.75, 3.05) is 34.8 Å². The van der Waals surface area contributed by atoms with Gasteiger partial charge in [-0.05, 0) is 80.9 Å². The smallest absolute Gasteiger partial charge is 0.316 e. The van der Waals surface area contributed by atoms with E-state index in [4.69, 9.17) is 18.9 Å². The van der Waals surface area contributed by atoms with Crippen LogP contribution in [0.15, 0.2) is 0 Å². The lowest BCUT2D eigenvalue weighted by atomic mass is 9.78. The number of carbonyl (C=O) groups excluding carboxylic acids is 2. The maximum Gasteiger partial charge on any atom is 0.316 e. The molecule has 11 nitrogen and oxygen atoms in total. The highest BCUT2D eigenvalue weighted by Crippen LogP contribution is 2.37. The molecule has 0 aliphatic carbocycles. The summed E-state index contributed by atoms with van der Waals surface area (Å²) in [4.78, 5) is 31.1. The van der Waals surface area contributed by atoms with E-state index in [9.17, 15) is 24.9 Å². The number of hydrogen-bond donors (Lipinski definition) is 3. The molecule has 0 aromatic rings. The van der Waals surface area contributed by atoms with E-state index in [1.54, 1.807) is 21.0 Å². The fourth-order valence-corrected chi connectivity index (χ4v) is 6.76. The van der Waals surface area contributed by atoms with Gasteiger partial charge in [-0.3, -0.25) is 9.59 Å². The highest BCUT2D eigenvalue weighted by Gasteiger charge is 2.50. The quantitative estimate of drug-likeness (QED) is 0.314. The molecule has 1 unspecified atom stereocenters. The summed E-state index contributed by atoms with van der Waals surface area (Å²) in [6, 6.07) is -0.691. The third-order valence-corrected chi connectivity index (χ3v) is 9.69. The summed E-state index contributed by atoms with van der Waals surface area (Å²) in [6.45, 7) is 14.6. The van der Waals surface area contributed by atoms with Crippen molar-refractivity contribution < 1.29 is 43.9 Å². The predicted octanol–water partition coefficient (Wildman–Crippen LogP) is 1.84. The van der Waals surface area contributed by atoms with E-state index in [2.05, 4.69) is 0 Å². The van der Waals surface area contributed by atoms with Gasteiger partial charge in [0.25, 0.3) is 0 Å². The van der Waals surface area contributed by atoms with E-state index in [0.29, 0.717) is 19.4 Å². The second kappa shape index (κ2) is 14.7. The van der Waals surface area contributed by atoms with Gasteiger partial charge in [0.1, 0.15) is 29.8 Å². The van der Waals surface area contributed by atoms with Gasteiger partial charge in [0.05, 0.1) is 17.8 Å². The van der Waals surface area contributed by atoms with Crippen LogP contribution in [-0.2, 0) is 28.5 Å². The minimum Gasteiger partial charge on any atom is -0.459 e. The van der Waals surface area contributed by atoms with E-state index in [1.165, 1.54) is 13.8 Å². The molecule has 246 valence electrons. The third kappa shape index (κ3) is 8.10. The van der Waals surface area contributed by atoms with Crippen LogP contribution in [0.5, 0.6) is 0 Å². The Morgan fingerprint density at radius 1 is 1.10 bits per heavy atom. The number of ether oxygens (including phenoxy) is 4. The van der Waals surface area contributed by atoms with Crippen LogP contribution in [0.4, 0.5) is 0 Å². The third-order valence-electron chi connectivity index (χ3n) is 9.69. The first-order chi connectivity index (χ1) is 19.3. The molecule has 42 heavy (non-hydrogen) atoms. The maximum atomic E-state index is 13.9. The van der Waals surface area contributed by atoms with Crippen molar-refractivity contribution in [1.29, 1.82) is 0 Å². The molecule has 0 aromatic carbocycles. The molecular formula is C31H58N2O9. The number of nitrogens with zero attached hydrogens (tertiary/aromatic N) is 2. The van der Waals surface area contributed by atoms with Crippen LogP contribution in [0.25, 0.3) is 0 Å². The summed E-state index contributed by atoms with van der Waals surface area (Å²) in [7, 11) is 7.22. The normalized spacial score (nSPS) is 45.8. The number of rotatable bonds is 5. The molecule has 2 aliphatic rings. The second-order valence-electron chi connectivity index (χ2n) is 13.6. The number of aliphatic hydroxyl groups excluding tert-OH is 2. The van der Waals surface area contributed by atoms with Crippen LogP contribution >= 0.6 is 0 Å². The van der Waals surface area contributed by atoms with Gasteiger partial charge in [0, 0.05) is 31.7 Å². The van der Waals surface area contributed by atoms with E-state index >= 15 is 0 Å². The topological polar surface area (TPSA) is 138 Å². The first-order valence-corrected chi connectivity index (χ1v) is 15.4. The molecule has 0 saturated carbocycles. The molecule has 2 rings (SSSR count). The summed E-state index contributed by atoms with van der Waals surface area (Å²) in [5, 5.41) is 33.8. The van der Waals surface area contributed by atoms with Crippen molar-refractivity contribution in [2.24, 2.45) is 17.8 Å². The number of ketones is 1. The Kier molecular flexibility index (Phi) is 13.0. The highest BCUT2D eigenvalue weighted by molar-refractivity contribution is 6.00. The molecule has 3 N–H and O–H groups in total. The van der Waals surface area contributed by atoms with E-state index < -0.39 is 71.5 Å². The Balaban J connectivity index is 2.58. The molecule has 2 heterocycles. The predicted molar refractivity (Wildman–Crippen MR) is 159 cm³/mol. The molecular weight excluding hydrogens is 544 g/mol. The molecule has 11 heteroatoms. The highest BCUT2D eigenvalue weighted by atomic mass is 16.7. The van der Waals surface area contributed by atoms with Crippen molar-refractivity contribution in [3.63, 3.8) is 0 Å². The van der Waals surface area contributed by atoms with Crippen molar-refractivity contribution >= 4 is 11.8 Å². The van der Waals surface area contributed by atoms with Gasteiger partial charge in [-0.15, -0.1) is 0 Å². The van der Waals surface area contributed by atoms with Gasteiger partial charge < -0.3 is 44.1 Å². The lowest BCUT2D eigenvalue weighted by molar-refractivity contribution is -0.295. The standard InChI is InChI=1S/C31H58N2O9/c1-13-23-31(8,38)26(36)21(6)33(11)16-17(2)15-30(7,39-12)27(19(4)24(34)20(5)28(37)41-23)42-29-25(35)22(32(9)10)14-18(3)40-29/h17-23,25-27,29,35-36,38H,13-16H2,1-12H3/t17-,18-,19+,20-,21-,22+,23?,25-,26-,27-,29+,30-,31-/m1/s1. The molecule has 0 radical (unpaired) electrons. The van der Waals surface area contributed by atoms with Crippen LogP contribution in [-0.4, -0.2) is 132 Å². The van der Waals surface area contributed by atoms with Gasteiger partial charge >= 0.3 is 5.97 Å². The number of cyclic esters (lactones) is 1. The molecule has 0 bridgehead atoms. The summed E-state index contributed by atoms with van der Waals surface area (Å²) < 4.78 is 24.4. The zero-order valence-corrected chi connectivity index (χ0v) is 27.9. The molecule has 2 saturated heterocycles. The lowest BCUT2D eigenvalue weighted by Crippen LogP contribution is -2.59. The Hall–Kier alpha value is -1.18. The maximum absolute atomic E-state index is 13.9. The minimum atomic E-state index is -1.75. The first-order valence-electron chi connectivity index (χ1n) is 15.4. The molecule has 13 atom stereocenters. The van der Waals surface area contributed by atoms with Crippen molar-refractivity contribution in [3.8, 4) is 0 Å². The average Bonchev–Trinajstić information content (AvgIpc) is 2.92. The SMILES string of the molecule is CCC1OC(=O)[C@H](C)C(=O)[C@H](C)[C@@H](O[C@@H]2O[C@H](C)C[C@H](N(C)C)[C@H]2O)[C@](C)(OC)C[C@@H](C)CN(C)[C@H](C)[C@@H](O)[C@]1(C)O. The number of carbonyl (C=O) groups is 2. The fraction of sp³-hybridized carbons (Fsp3) is 0.935. The summed E-state index contributed by atoms with van der Waals surface area (Å²) >= 11 is 0. The Morgan fingerprint density at radius 2 is 1.69 bits per heavy atom. The fourth-order valence-electron chi connectivity index (χ4n) is 6.76. The number of aliphatic hydroxyl groups is 3.